The lowest BCUT2D eigenvalue weighted by Gasteiger charge is -2.44. The Bertz CT molecular complexity index is 1280. The summed E-state index contributed by atoms with van der Waals surface area (Å²) in [4.78, 5) is 66.5. The number of amides is 3. The molecule has 0 radical (unpaired) electrons. The fourth-order valence-electron chi connectivity index (χ4n) is 5.45. The Morgan fingerprint density at radius 3 is 2.02 bits per heavy atom. The molecular weight excluding hydrogens is 628 g/mol. The zero-order chi connectivity index (χ0) is 29.3. The van der Waals surface area contributed by atoms with Gasteiger partial charge < -0.3 is 35.4 Å². The third-order valence-corrected chi connectivity index (χ3v) is 11.9. The molecule has 4 aliphatic rings. The van der Waals surface area contributed by atoms with Gasteiger partial charge in [0.15, 0.2) is 0 Å². The summed E-state index contributed by atoms with van der Waals surface area (Å²) in [5, 5.41) is 11.4. The van der Waals surface area contributed by atoms with Crippen LogP contribution in [0.1, 0.15) is 39.3 Å². The van der Waals surface area contributed by atoms with Gasteiger partial charge in [0.25, 0.3) is 0 Å². The number of hydrogen-bond acceptors (Lipinski definition) is 11. The molecule has 1 unspecified atom stereocenters. The number of phenols is 1. The highest BCUT2D eigenvalue weighted by Crippen LogP contribution is 2.53. The minimum absolute atomic E-state index is 0.0347. The van der Waals surface area contributed by atoms with Crippen molar-refractivity contribution in [2.75, 3.05) is 6.79 Å². The molecule has 4 fully saturated rings. The van der Waals surface area contributed by atoms with Gasteiger partial charge in [-0.2, -0.15) is 0 Å². The quantitative estimate of drug-likeness (QED) is 0.164. The maximum absolute atomic E-state index is 13.1. The third-order valence-electron chi connectivity index (χ3n) is 7.50. The number of phenolic OH excluding ortho intramolecular Hbond substituents is 1. The summed E-state index contributed by atoms with van der Waals surface area (Å²) in [6.45, 7) is 6.60. The molecular formula is C25H29BrN4O8S2. The molecule has 0 spiro atoms. The topological polar surface area (TPSA) is 169 Å². The van der Waals surface area contributed by atoms with E-state index in [0.717, 1.165) is 0 Å². The largest absolute Gasteiger partial charge is 0.508 e. The third kappa shape index (κ3) is 4.64. The van der Waals surface area contributed by atoms with E-state index in [-0.39, 0.29) is 21.9 Å². The summed E-state index contributed by atoms with van der Waals surface area (Å²) in [7, 11) is 0. The van der Waals surface area contributed by atoms with Gasteiger partial charge in [-0.15, -0.1) is 23.5 Å². The lowest BCUT2D eigenvalue weighted by Crippen LogP contribution is -2.71. The van der Waals surface area contributed by atoms with Gasteiger partial charge >= 0.3 is 11.9 Å². The summed E-state index contributed by atoms with van der Waals surface area (Å²) in [5.41, 5.74) is 6.50. The van der Waals surface area contributed by atoms with Gasteiger partial charge in [-0.3, -0.25) is 14.4 Å². The molecule has 0 aliphatic carbocycles. The number of nitrogens with two attached hydrogens (primary N) is 1. The fraction of sp³-hybridized carbons (Fsp3) is 0.560. The Kier molecular flexibility index (Phi) is 7.33. The number of benzene rings is 1. The number of carbonyl (C=O) groups is 5. The van der Waals surface area contributed by atoms with Crippen molar-refractivity contribution in [3.63, 3.8) is 0 Å². The molecule has 216 valence electrons. The summed E-state index contributed by atoms with van der Waals surface area (Å²) >= 11 is 6.17. The van der Waals surface area contributed by atoms with E-state index < -0.39 is 69.6 Å². The SMILES string of the molecule is CC1(C)S[C@@H]2[C@H](Br)C(=O)N2[C@H]1C(=O)OCOC(=O)[C@@H]1N2C(=O)[C@@H](NC(=O)C(N)c3ccc(O)cc3)[C@H]2SC1(C)C. The van der Waals surface area contributed by atoms with E-state index in [1.165, 1.54) is 57.6 Å². The maximum atomic E-state index is 13.1. The van der Waals surface area contributed by atoms with Crippen molar-refractivity contribution >= 4 is 69.1 Å². The Morgan fingerprint density at radius 1 is 0.975 bits per heavy atom. The molecule has 1 aromatic carbocycles. The van der Waals surface area contributed by atoms with Crippen LogP contribution in [-0.4, -0.2) is 94.6 Å². The lowest BCUT2D eigenvalue weighted by atomic mass is 9.95. The summed E-state index contributed by atoms with van der Waals surface area (Å²) < 4.78 is 9.18. The second kappa shape index (κ2) is 10.1. The van der Waals surface area contributed by atoms with Crippen molar-refractivity contribution in [1.29, 1.82) is 0 Å². The standard InChI is InChI=1S/C25H29BrN4O8S2/c1-24(2)15(29-18(33)12(26)20(29)39-24)22(35)37-9-38-23(36)16-25(3,4)40-21-14(19(34)30(16)21)28-17(32)13(27)10-5-7-11(31)8-6-10/h5-8,12-16,20-21,31H,9,27H2,1-4H3,(H,28,32)/t12-,13?,14-,15+,16+,20-,21-/m1/s1. The molecule has 7 atom stereocenters. The number of alkyl halides is 1. The molecule has 5 rings (SSSR count). The molecule has 0 saturated carbocycles. The molecule has 4 heterocycles. The number of fused-ring (bicyclic) bond motifs is 2. The van der Waals surface area contributed by atoms with Crippen molar-refractivity contribution in [2.45, 2.75) is 76.9 Å². The highest BCUT2D eigenvalue weighted by molar-refractivity contribution is 9.10. The first-order chi connectivity index (χ1) is 18.7. The normalized spacial score (nSPS) is 31.9. The summed E-state index contributed by atoms with van der Waals surface area (Å²) in [6.07, 6.45) is 0. The Balaban J connectivity index is 1.17. The smallest absolute Gasteiger partial charge is 0.333 e. The number of carbonyl (C=O) groups excluding carboxylic acids is 5. The number of β-lactam (4-membered cyclic amide) rings is 2. The highest BCUT2D eigenvalue weighted by Gasteiger charge is 2.65. The van der Waals surface area contributed by atoms with Crippen LogP contribution in [0, 0.1) is 0 Å². The van der Waals surface area contributed by atoms with Crippen LogP contribution < -0.4 is 11.1 Å². The lowest BCUT2D eigenvalue weighted by molar-refractivity contribution is -0.181. The number of ether oxygens (including phenoxy) is 2. The second-order valence-electron chi connectivity index (χ2n) is 11.0. The molecule has 4 aliphatic heterocycles. The van der Waals surface area contributed by atoms with Gasteiger partial charge in [-0.25, -0.2) is 9.59 Å². The maximum Gasteiger partial charge on any atom is 0.333 e. The predicted molar refractivity (Wildman–Crippen MR) is 149 cm³/mol. The first-order valence-electron chi connectivity index (χ1n) is 12.5. The monoisotopic (exact) mass is 656 g/mol. The van der Waals surface area contributed by atoms with E-state index in [1.807, 2.05) is 13.8 Å². The minimum Gasteiger partial charge on any atom is -0.508 e. The summed E-state index contributed by atoms with van der Waals surface area (Å²) in [6, 6.07) is 2.14. The van der Waals surface area contributed by atoms with Crippen molar-refractivity contribution in [3.8, 4) is 5.75 Å². The van der Waals surface area contributed by atoms with Crippen LogP contribution in [0.3, 0.4) is 0 Å². The van der Waals surface area contributed by atoms with E-state index in [4.69, 9.17) is 15.2 Å². The van der Waals surface area contributed by atoms with Crippen LogP contribution in [0.15, 0.2) is 24.3 Å². The van der Waals surface area contributed by atoms with Crippen LogP contribution in [0.25, 0.3) is 0 Å². The van der Waals surface area contributed by atoms with Gasteiger partial charge in [0.05, 0.1) is 0 Å². The van der Waals surface area contributed by atoms with Gasteiger partial charge in [0.2, 0.25) is 24.5 Å². The van der Waals surface area contributed by atoms with Gasteiger partial charge in [-0.05, 0) is 45.4 Å². The van der Waals surface area contributed by atoms with E-state index in [1.54, 1.807) is 13.8 Å². The average molecular weight is 658 g/mol. The molecule has 4 N–H and O–H groups in total. The van der Waals surface area contributed by atoms with E-state index in [0.29, 0.717) is 5.56 Å². The molecule has 15 heteroatoms. The molecule has 12 nitrogen and oxygen atoms in total. The molecule has 3 amide bonds. The Labute approximate surface area is 247 Å². The highest BCUT2D eigenvalue weighted by atomic mass is 79.9. The number of rotatable bonds is 7. The molecule has 0 aromatic heterocycles. The zero-order valence-electron chi connectivity index (χ0n) is 22.0. The molecule has 4 saturated heterocycles. The van der Waals surface area contributed by atoms with Gasteiger partial charge in [0.1, 0.15) is 45.5 Å². The molecule has 1 aromatic rings. The van der Waals surface area contributed by atoms with Crippen LogP contribution in [0.5, 0.6) is 5.75 Å². The first kappa shape index (κ1) is 29.0. The number of nitrogens with zero attached hydrogens (tertiary/aromatic N) is 2. The van der Waals surface area contributed by atoms with Crippen LogP contribution in [0.4, 0.5) is 0 Å². The first-order valence-corrected chi connectivity index (χ1v) is 15.2. The Hall–Kier alpha value is -2.49. The van der Waals surface area contributed by atoms with Crippen molar-refractivity contribution in [1.82, 2.24) is 15.1 Å². The number of halogens is 1. The van der Waals surface area contributed by atoms with Crippen LogP contribution in [-0.2, 0) is 33.4 Å². The second-order valence-corrected chi connectivity index (χ2v) is 15.5. The van der Waals surface area contributed by atoms with E-state index in [9.17, 15) is 29.1 Å². The van der Waals surface area contributed by atoms with Gasteiger partial charge in [0, 0.05) is 9.49 Å². The van der Waals surface area contributed by atoms with E-state index >= 15 is 0 Å². The zero-order valence-corrected chi connectivity index (χ0v) is 25.2. The summed E-state index contributed by atoms with van der Waals surface area (Å²) in [5.74, 6) is -2.60. The van der Waals surface area contributed by atoms with Crippen molar-refractivity contribution in [2.24, 2.45) is 5.73 Å². The van der Waals surface area contributed by atoms with Crippen molar-refractivity contribution < 1.29 is 38.6 Å². The molecule has 40 heavy (non-hydrogen) atoms. The average Bonchev–Trinajstić information content (AvgIpc) is 3.31. The minimum atomic E-state index is -1.05. The number of hydrogen-bond donors (Lipinski definition) is 3. The van der Waals surface area contributed by atoms with Crippen molar-refractivity contribution in [3.05, 3.63) is 29.8 Å². The number of esters is 2. The number of thioether (sulfide) groups is 2. The predicted octanol–water partition coefficient (Wildman–Crippen LogP) is 0.809. The molecule has 0 bridgehead atoms. The van der Waals surface area contributed by atoms with Crippen LogP contribution in [0.2, 0.25) is 0 Å². The van der Waals surface area contributed by atoms with E-state index in [2.05, 4.69) is 21.2 Å². The van der Waals surface area contributed by atoms with Crippen LogP contribution >= 0.6 is 39.5 Å². The number of nitrogens with one attached hydrogen (secondary N) is 1. The fourth-order valence-corrected chi connectivity index (χ4v) is 9.43. The Morgan fingerprint density at radius 2 is 1.48 bits per heavy atom. The van der Waals surface area contributed by atoms with Gasteiger partial charge in [-0.1, -0.05) is 28.1 Å². The number of aromatic hydroxyl groups is 1.